The fraction of sp³-hybridized carbons (Fsp3) is 0.474. The molecule has 0 radical (unpaired) electrons. The van der Waals surface area contributed by atoms with E-state index in [4.69, 9.17) is 0 Å². The second kappa shape index (κ2) is 8.08. The number of halogens is 1. The highest BCUT2D eigenvalue weighted by Gasteiger charge is 2.15. The Morgan fingerprint density at radius 2 is 2.08 bits per heavy atom. The van der Waals surface area contributed by atoms with E-state index in [1.54, 1.807) is 23.0 Å². The molecule has 0 unspecified atom stereocenters. The fourth-order valence-electron chi connectivity index (χ4n) is 3.36. The van der Waals surface area contributed by atoms with Gasteiger partial charge in [-0.2, -0.15) is 5.10 Å². The molecule has 24 heavy (non-hydrogen) atoms. The van der Waals surface area contributed by atoms with Crippen LogP contribution >= 0.6 is 0 Å². The molecule has 1 aliphatic carbocycles. The SMILES string of the molecule is O=C(CCC1CCCCC1)Nc1ccn(Cc2cccc(F)c2)n1. The number of nitrogens with one attached hydrogen (secondary N) is 1. The summed E-state index contributed by atoms with van der Waals surface area (Å²) in [5.41, 5.74) is 0.841. The molecular weight excluding hydrogens is 305 g/mol. The second-order valence-electron chi connectivity index (χ2n) is 6.62. The lowest BCUT2D eigenvalue weighted by atomic mass is 9.86. The lowest BCUT2D eigenvalue weighted by Gasteiger charge is -2.20. The van der Waals surface area contributed by atoms with Crippen molar-refractivity contribution in [1.29, 1.82) is 0 Å². The molecular formula is C19H24FN3O. The lowest BCUT2D eigenvalue weighted by molar-refractivity contribution is -0.116. The van der Waals surface area contributed by atoms with Crippen LogP contribution in [0.2, 0.25) is 0 Å². The van der Waals surface area contributed by atoms with Gasteiger partial charge >= 0.3 is 0 Å². The summed E-state index contributed by atoms with van der Waals surface area (Å²) >= 11 is 0. The van der Waals surface area contributed by atoms with Crippen molar-refractivity contribution < 1.29 is 9.18 Å². The summed E-state index contributed by atoms with van der Waals surface area (Å²) in [6.45, 7) is 0.482. The number of nitrogens with zero attached hydrogens (tertiary/aromatic N) is 2. The zero-order valence-corrected chi connectivity index (χ0v) is 13.9. The first-order valence-corrected chi connectivity index (χ1v) is 8.77. The van der Waals surface area contributed by atoms with Gasteiger partial charge in [-0.05, 0) is 30.0 Å². The van der Waals surface area contributed by atoms with Gasteiger partial charge in [0.05, 0.1) is 6.54 Å². The van der Waals surface area contributed by atoms with Gasteiger partial charge in [-0.15, -0.1) is 0 Å². The van der Waals surface area contributed by atoms with Crippen LogP contribution in [0.5, 0.6) is 0 Å². The van der Waals surface area contributed by atoms with Crippen LogP contribution in [0.3, 0.4) is 0 Å². The highest BCUT2D eigenvalue weighted by atomic mass is 19.1. The van der Waals surface area contributed by atoms with Crippen molar-refractivity contribution in [3.63, 3.8) is 0 Å². The van der Waals surface area contributed by atoms with Gasteiger partial charge in [-0.1, -0.05) is 44.2 Å². The molecule has 1 heterocycles. The highest BCUT2D eigenvalue weighted by Crippen LogP contribution is 2.27. The van der Waals surface area contributed by atoms with Gasteiger partial charge in [-0.3, -0.25) is 9.48 Å². The average Bonchev–Trinajstić information content (AvgIpc) is 3.01. The summed E-state index contributed by atoms with van der Waals surface area (Å²) < 4.78 is 14.9. The van der Waals surface area contributed by atoms with E-state index in [0.29, 0.717) is 24.7 Å². The number of carbonyl (C=O) groups excluding carboxylic acids is 1. The molecule has 0 atom stereocenters. The van der Waals surface area contributed by atoms with E-state index < -0.39 is 0 Å². The van der Waals surface area contributed by atoms with Gasteiger partial charge in [0.25, 0.3) is 0 Å². The van der Waals surface area contributed by atoms with Crippen LogP contribution in [0.4, 0.5) is 10.2 Å². The molecule has 1 fully saturated rings. The molecule has 1 saturated carbocycles. The maximum atomic E-state index is 13.2. The first-order valence-electron chi connectivity index (χ1n) is 8.77. The van der Waals surface area contributed by atoms with E-state index in [0.717, 1.165) is 12.0 Å². The molecule has 1 aromatic carbocycles. The molecule has 3 rings (SSSR count). The van der Waals surface area contributed by atoms with Gasteiger partial charge in [-0.25, -0.2) is 4.39 Å². The predicted octanol–water partition coefficient (Wildman–Crippen LogP) is 4.37. The Bertz CT molecular complexity index is 677. The maximum absolute atomic E-state index is 13.2. The highest BCUT2D eigenvalue weighted by molar-refractivity contribution is 5.89. The van der Waals surface area contributed by atoms with Gasteiger partial charge in [0, 0.05) is 18.7 Å². The molecule has 1 amide bonds. The Hall–Kier alpha value is -2.17. The standard InChI is InChI=1S/C19H24FN3O/c20-17-8-4-7-16(13-17)14-23-12-11-18(22-23)21-19(24)10-9-15-5-2-1-3-6-15/h4,7-8,11-13,15H,1-3,5-6,9-10,14H2,(H,21,22,24). The van der Waals surface area contributed by atoms with Gasteiger partial charge in [0.2, 0.25) is 5.91 Å². The third kappa shape index (κ3) is 4.91. The first-order chi connectivity index (χ1) is 11.7. The summed E-state index contributed by atoms with van der Waals surface area (Å²) in [5, 5.41) is 7.19. The summed E-state index contributed by atoms with van der Waals surface area (Å²) in [7, 11) is 0. The van der Waals surface area contributed by atoms with Crippen LogP contribution in [0.1, 0.15) is 50.5 Å². The number of hydrogen-bond acceptors (Lipinski definition) is 2. The Labute approximate surface area is 142 Å². The number of aromatic nitrogens is 2. The van der Waals surface area contributed by atoms with E-state index in [-0.39, 0.29) is 11.7 Å². The van der Waals surface area contributed by atoms with Crippen molar-refractivity contribution in [2.75, 3.05) is 5.32 Å². The third-order valence-electron chi connectivity index (χ3n) is 4.65. The number of amides is 1. The van der Waals surface area contributed by atoms with Crippen LogP contribution in [-0.2, 0) is 11.3 Å². The largest absolute Gasteiger partial charge is 0.309 e. The van der Waals surface area contributed by atoms with Crippen LogP contribution in [0.15, 0.2) is 36.5 Å². The summed E-state index contributed by atoms with van der Waals surface area (Å²) in [6, 6.07) is 8.22. The summed E-state index contributed by atoms with van der Waals surface area (Å²) in [6.07, 6.45) is 9.78. The van der Waals surface area contributed by atoms with E-state index in [9.17, 15) is 9.18 Å². The van der Waals surface area contributed by atoms with Crippen LogP contribution in [0, 0.1) is 11.7 Å². The molecule has 0 bridgehead atoms. The molecule has 1 N–H and O–H groups in total. The number of anilines is 1. The van der Waals surface area contributed by atoms with Gasteiger partial charge in [0.15, 0.2) is 5.82 Å². The van der Waals surface area contributed by atoms with E-state index in [2.05, 4.69) is 10.4 Å². The van der Waals surface area contributed by atoms with Crippen molar-refractivity contribution in [2.24, 2.45) is 5.92 Å². The van der Waals surface area contributed by atoms with Gasteiger partial charge in [0.1, 0.15) is 5.82 Å². The molecule has 128 valence electrons. The summed E-state index contributed by atoms with van der Waals surface area (Å²) in [5.74, 6) is 1.03. The second-order valence-corrected chi connectivity index (χ2v) is 6.62. The molecule has 1 aromatic heterocycles. The van der Waals surface area contributed by atoms with Crippen molar-refractivity contribution in [2.45, 2.75) is 51.5 Å². The zero-order chi connectivity index (χ0) is 16.8. The minimum absolute atomic E-state index is 0.0246. The van der Waals surface area contributed by atoms with Crippen molar-refractivity contribution in [3.8, 4) is 0 Å². The fourth-order valence-corrected chi connectivity index (χ4v) is 3.36. The Balaban J connectivity index is 1.47. The van der Waals surface area contributed by atoms with E-state index >= 15 is 0 Å². The normalized spacial score (nSPS) is 15.4. The maximum Gasteiger partial charge on any atom is 0.225 e. The van der Waals surface area contributed by atoms with Crippen LogP contribution in [0.25, 0.3) is 0 Å². The minimum atomic E-state index is -0.254. The molecule has 4 nitrogen and oxygen atoms in total. The van der Waals surface area contributed by atoms with E-state index in [1.807, 2.05) is 6.07 Å². The van der Waals surface area contributed by atoms with Crippen LogP contribution < -0.4 is 5.32 Å². The molecule has 0 saturated heterocycles. The molecule has 2 aromatic rings. The zero-order valence-electron chi connectivity index (χ0n) is 13.9. The van der Waals surface area contributed by atoms with Crippen LogP contribution in [-0.4, -0.2) is 15.7 Å². The average molecular weight is 329 g/mol. The van der Waals surface area contributed by atoms with Gasteiger partial charge < -0.3 is 5.32 Å². The van der Waals surface area contributed by atoms with Crippen molar-refractivity contribution in [1.82, 2.24) is 9.78 Å². The van der Waals surface area contributed by atoms with Crippen molar-refractivity contribution >= 4 is 11.7 Å². The molecule has 1 aliphatic rings. The van der Waals surface area contributed by atoms with E-state index in [1.165, 1.54) is 44.2 Å². The third-order valence-corrected chi connectivity index (χ3v) is 4.65. The number of benzene rings is 1. The Kier molecular flexibility index (Phi) is 5.62. The number of hydrogen-bond donors (Lipinski definition) is 1. The first kappa shape index (κ1) is 16.7. The minimum Gasteiger partial charge on any atom is -0.309 e. The monoisotopic (exact) mass is 329 g/mol. The predicted molar refractivity (Wildman–Crippen MR) is 92.2 cm³/mol. The number of carbonyl (C=O) groups is 1. The Morgan fingerprint density at radius 1 is 1.25 bits per heavy atom. The quantitative estimate of drug-likeness (QED) is 0.855. The smallest absolute Gasteiger partial charge is 0.225 e. The summed E-state index contributed by atoms with van der Waals surface area (Å²) in [4.78, 5) is 12.1. The molecule has 5 heteroatoms. The number of rotatable bonds is 6. The topological polar surface area (TPSA) is 46.9 Å². The lowest BCUT2D eigenvalue weighted by Crippen LogP contribution is -2.15. The molecule has 0 aliphatic heterocycles. The Morgan fingerprint density at radius 3 is 2.88 bits per heavy atom. The molecule has 0 spiro atoms. The van der Waals surface area contributed by atoms with Crippen molar-refractivity contribution in [3.05, 3.63) is 47.9 Å².